The molecule has 14 heavy (non-hydrogen) atoms. The fourth-order valence-corrected chi connectivity index (χ4v) is 1.17. The number of nitrogens with two attached hydrogens (primary N) is 1. The van der Waals surface area contributed by atoms with Crippen molar-refractivity contribution in [3.05, 3.63) is 35.1 Å². The second-order valence-corrected chi connectivity index (χ2v) is 3.21. The lowest BCUT2D eigenvalue weighted by molar-refractivity contribution is 0.629. The lowest BCUT2D eigenvalue weighted by Crippen LogP contribution is -2.02. The zero-order chi connectivity index (χ0) is 10.6. The molecule has 1 aromatic rings. The molecule has 0 bridgehead atoms. The summed E-state index contributed by atoms with van der Waals surface area (Å²) in [5.41, 5.74) is 6.59. The highest BCUT2D eigenvalue weighted by atomic mass is 35.5. The molecule has 0 spiro atoms. The first-order valence-electron chi connectivity index (χ1n) is 4.24. The number of nitrogens with one attached hydrogen (secondary N) is 1. The predicted molar refractivity (Wildman–Crippen MR) is 59.1 cm³/mol. The highest BCUT2D eigenvalue weighted by molar-refractivity contribution is 6.31. The molecule has 0 heterocycles. The van der Waals surface area contributed by atoms with Crippen LogP contribution in [0.15, 0.2) is 24.3 Å². The van der Waals surface area contributed by atoms with E-state index in [0.29, 0.717) is 17.9 Å². The maximum absolute atomic E-state index is 12.9. The van der Waals surface area contributed by atoms with E-state index in [1.54, 1.807) is 0 Å². The van der Waals surface area contributed by atoms with Gasteiger partial charge >= 0.3 is 0 Å². The first-order chi connectivity index (χ1) is 6.65. The molecule has 1 rings (SSSR count). The van der Waals surface area contributed by atoms with Crippen LogP contribution in [0.5, 0.6) is 0 Å². The minimum Gasteiger partial charge on any atom is -0.397 e. The standard InChI is InChI=1S/C10H12ClFN2/c1-2-3-4-14-10-5-7(11)8(12)6-9(10)13/h2-3,5-6,14H,4,13H2,1H3/b3-2+. The van der Waals surface area contributed by atoms with Gasteiger partial charge in [0.05, 0.1) is 16.4 Å². The van der Waals surface area contributed by atoms with Crippen molar-refractivity contribution < 1.29 is 4.39 Å². The van der Waals surface area contributed by atoms with E-state index in [-0.39, 0.29) is 5.02 Å². The van der Waals surface area contributed by atoms with Crippen LogP contribution < -0.4 is 11.1 Å². The van der Waals surface area contributed by atoms with E-state index in [1.807, 2.05) is 19.1 Å². The molecule has 76 valence electrons. The van der Waals surface area contributed by atoms with Gasteiger partial charge in [0.2, 0.25) is 0 Å². The van der Waals surface area contributed by atoms with Gasteiger partial charge < -0.3 is 11.1 Å². The molecule has 0 aromatic heterocycles. The number of nitrogen functional groups attached to an aromatic ring is 1. The lowest BCUT2D eigenvalue weighted by Gasteiger charge is -2.08. The van der Waals surface area contributed by atoms with Gasteiger partial charge in [0, 0.05) is 12.6 Å². The summed E-state index contributed by atoms with van der Waals surface area (Å²) in [6.45, 7) is 2.56. The fraction of sp³-hybridized carbons (Fsp3) is 0.200. The van der Waals surface area contributed by atoms with E-state index in [4.69, 9.17) is 17.3 Å². The number of anilines is 2. The smallest absolute Gasteiger partial charge is 0.143 e. The molecule has 0 fully saturated rings. The van der Waals surface area contributed by atoms with Gasteiger partial charge in [0.25, 0.3) is 0 Å². The van der Waals surface area contributed by atoms with Crippen LogP contribution in [0, 0.1) is 5.82 Å². The number of halogens is 2. The van der Waals surface area contributed by atoms with Gasteiger partial charge in [-0.1, -0.05) is 23.8 Å². The van der Waals surface area contributed by atoms with Gasteiger partial charge in [-0.25, -0.2) is 4.39 Å². The Labute approximate surface area is 87.6 Å². The number of hydrogen-bond acceptors (Lipinski definition) is 2. The van der Waals surface area contributed by atoms with Gasteiger partial charge in [0.15, 0.2) is 0 Å². The number of rotatable bonds is 3. The van der Waals surface area contributed by atoms with Crippen LogP contribution in [0.4, 0.5) is 15.8 Å². The van der Waals surface area contributed by atoms with Gasteiger partial charge in [0.1, 0.15) is 5.82 Å². The SMILES string of the molecule is C/C=C/CNc1cc(Cl)c(F)cc1N. The number of allylic oxidation sites excluding steroid dienone is 1. The summed E-state index contributed by atoms with van der Waals surface area (Å²) in [6.07, 6.45) is 3.84. The third-order valence-electron chi connectivity index (χ3n) is 1.74. The van der Waals surface area contributed by atoms with Crippen molar-refractivity contribution in [2.75, 3.05) is 17.6 Å². The van der Waals surface area contributed by atoms with Crippen molar-refractivity contribution in [1.82, 2.24) is 0 Å². The van der Waals surface area contributed by atoms with E-state index in [1.165, 1.54) is 12.1 Å². The summed E-state index contributed by atoms with van der Waals surface area (Å²) >= 11 is 5.61. The Morgan fingerprint density at radius 3 is 2.93 bits per heavy atom. The maximum atomic E-state index is 12.9. The summed E-state index contributed by atoms with van der Waals surface area (Å²) < 4.78 is 12.9. The average molecular weight is 215 g/mol. The highest BCUT2D eigenvalue weighted by Crippen LogP contribution is 2.25. The summed E-state index contributed by atoms with van der Waals surface area (Å²) in [4.78, 5) is 0. The molecule has 0 saturated carbocycles. The molecule has 0 aliphatic heterocycles. The van der Waals surface area contributed by atoms with E-state index in [9.17, 15) is 4.39 Å². The van der Waals surface area contributed by atoms with Crippen molar-refractivity contribution in [3.63, 3.8) is 0 Å². The average Bonchev–Trinajstić information content (AvgIpc) is 2.14. The topological polar surface area (TPSA) is 38.0 Å². The Morgan fingerprint density at radius 1 is 1.57 bits per heavy atom. The molecule has 0 radical (unpaired) electrons. The van der Waals surface area contributed by atoms with Gasteiger partial charge in [-0.15, -0.1) is 0 Å². The number of hydrogen-bond donors (Lipinski definition) is 2. The Hall–Kier alpha value is -1.22. The summed E-state index contributed by atoms with van der Waals surface area (Å²) in [5.74, 6) is -0.499. The fourth-order valence-electron chi connectivity index (χ4n) is 1.00. The Bertz CT molecular complexity index is 350. The zero-order valence-electron chi connectivity index (χ0n) is 7.85. The monoisotopic (exact) mass is 214 g/mol. The minimum absolute atomic E-state index is 0.0715. The second-order valence-electron chi connectivity index (χ2n) is 2.80. The molecular formula is C10H12ClFN2. The van der Waals surface area contributed by atoms with Crippen LogP contribution in [0.25, 0.3) is 0 Å². The van der Waals surface area contributed by atoms with E-state index in [2.05, 4.69) is 5.32 Å². The Kier molecular flexibility index (Phi) is 3.77. The summed E-state index contributed by atoms with van der Waals surface area (Å²) in [6, 6.07) is 2.69. The molecule has 0 unspecified atom stereocenters. The minimum atomic E-state index is -0.499. The largest absolute Gasteiger partial charge is 0.397 e. The summed E-state index contributed by atoms with van der Waals surface area (Å²) in [7, 11) is 0. The zero-order valence-corrected chi connectivity index (χ0v) is 8.61. The lowest BCUT2D eigenvalue weighted by atomic mass is 10.2. The molecule has 0 atom stereocenters. The van der Waals surface area contributed by atoms with Crippen LogP contribution in [-0.4, -0.2) is 6.54 Å². The second kappa shape index (κ2) is 4.86. The molecule has 0 aliphatic rings. The Balaban J connectivity index is 2.81. The van der Waals surface area contributed by atoms with Gasteiger partial charge in [-0.05, 0) is 13.0 Å². The van der Waals surface area contributed by atoms with Crippen LogP contribution in [-0.2, 0) is 0 Å². The first-order valence-corrected chi connectivity index (χ1v) is 4.62. The normalized spacial score (nSPS) is 10.8. The molecule has 2 nitrogen and oxygen atoms in total. The molecule has 1 aromatic carbocycles. The maximum Gasteiger partial charge on any atom is 0.143 e. The van der Waals surface area contributed by atoms with E-state index < -0.39 is 5.82 Å². The number of benzene rings is 1. The quantitative estimate of drug-likeness (QED) is 0.600. The van der Waals surface area contributed by atoms with Crippen LogP contribution >= 0.6 is 11.6 Å². The third kappa shape index (κ3) is 2.64. The van der Waals surface area contributed by atoms with Crippen LogP contribution in [0.3, 0.4) is 0 Å². The molecule has 0 aliphatic carbocycles. The summed E-state index contributed by atoms with van der Waals surface area (Å²) in [5, 5.41) is 3.09. The highest BCUT2D eigenvalue weighted by Gasteiger charge is 2.04. The van der Waals surface area contributed by atoms with Crippen LogP contribution in [0.2, 0.25) is 5.02 Å². The molecule has 4 heteroatoms. The van der Waals surface area contributed by atoms with Gasteiger partial charge in [-0.3, -0.25) is 0 Å². The Morgan fingerprint density at radius 2 is 2.29 bits per heavy atom. The van der Waals surface area contributed by atoms with Crippen LogP contribution in [0.1, 0.15) is 6.92 Å². The van der Waals surface area contributed by atoms with Crippen molar-refractivity contribution in [1.29, 1.82) is 0 Å². The molecule has 0 saturated heterocycles. The molecule has 0 amide bonds. The van der Waals surface area contributed by atoms with E-state index >= 15 is 0 Å². The van der Waals surface area contributed by atoms with E-state index in [0.717, 1.165) is 0 Å². The van der Waals surface area contributed by atoms with Gasteiger partial charge in [-0.2, -0.15) is 0 Å². The molecule has 3 N–H and O–H groups in total. The third-order valence-corrected chi connectivity index (χ3v) is 2.03. The van der Waals surface area contributed by atoms with Crippen molar-refractivity contribution in [2.45, 2.75) is 6.92 Å². The predicted octanol–water partition coefficient (Wildman–Crippen LogP) is 3.05. The van der Waals surface area contributed by atoms with Crippen molar-refractivity contribution in [2.24, 2.45) is 0 Å². The van der Waals surface area contributed by atoms with Crippen molar-refractivity contribution >= 4 is 23.0 Å². The van der Waals surface area contributed by atoms with Crippen molar-refractivity contribution in [3.8, 4) is 0 Å². The molecular weight excluding hydrogens is 203 g/mol. The first kappa shape index (κ1) is 10.9.